The first kappa shape index (κ1) is 23.1. The third-order valence-electron chi connectivity index (χ3n) is 7.19. The van der Waals surface area contributed by atoms with Gasteiger partial charge in [0.25, 0.3) is 5.91 Å². The number of halogens is 2. The minimum absolute atomic E-state index is 0.0182. The van der Waals surface area contributed by atoms with Gasteiger partial charge in [-0.2, -0.15) is 5.10 Å². The van der Waals surface area contributed by atoms with Crippen molar-refractivity contribution < 1.29 is 27.1 Å². The molecule has 12 heteroatoms. The van der Waals surface area contributed by atoms with E-state index in [1.807, 2.05) is 0 Å². The van der Waals surface area contributed by atoms with Crippen molar-refractivity contribution in [3.05, 3.63) is 45.5 Å². The first-order valence-electron chi connectivity index (χ1n) is 11.0. The van der Waals surface area contributed by atoms with Crippen molar-refractivity contribution in [2.75, 3.05) is 13.7 Å². The highest BCUT2D eigenvalue weighted by Gasteiger charge is 2.53. The molecular weight excluding hydrogens is 487 g/mol. The summed E-state index contributed by atoms with van der Waals surface area (Å²) in [7, 11) is -1.94. The molecule has 3 heterocycles. The van der Waals surface area contributed by atoms with Crippen molar-refractivity contribution in [3.8, 4) is 5.75 Å². The highest BCUT2D eigenvalue weighted by atomic mass is 35.5. The van der Waals surface area contributed by atoms with E-state index < -0.39 is 27.1 Å². The van der Waals surface area contributed by atoms with Gasteiger partial charge in [0.1, 0.15) is 0 Å². The maximum atomic E-state index is 14.7. The predicted octanol–water partition coefficient (Wildman–Crippen LogP) is 2.14. The van der Waals surface area contributed by atoms with Crippen molar-refractivity contribution >= 4 is 33.3 Å². The first-order valence-corrected chi connectivity index (χ1v) is 13.2. The van der Waals surface area contributed by atoms with E-state index in [9.17, 15) is 22.4 Å². The minimum Gasteiger partial charge on any atom is -0.494 e. The zero-order chi connectivity index (χ0) is 24.3. The summed E-state index contributed by atoms with van der Waals surface area (Å²) in [5.74, 6) is -1.72. The number of nitrogens with one attached hydrogen (secondary N) is 2. The molecule has 2 aromatic rings. The molecule has 1 saturated heterocycles. The number of amides is 2. The molecule has 0 unspecified atom stereocenters. The molecule has 1 saturated carbocycles. The number of nitrogens with zero attached hydrogens (tertiary/aromatic N) is 2. The van der Waals surface area contributed by atoms with E-state index >= 15 is 0 Å². The molecule has 0 spiro atoms. The predicted molar refractivity (Wildman–Crippen MR) is 121 cm³/mol. The number of carbonyl (C=O) groups is 2. The van der Waals surface area contributed by atoms with Gasteiger partial charge in [0.05, 0.1) is 42.3 Å². The van der Waals surface area contributed by atoms with Crippen LogP contribution >= 0.6 is 11.6 Å². The number of hydrogen-bond acceptors (Lipinski definition) is 6. The number of rotatable bonds is 5. The number of methoxy groups -OCH3 is 1. The van der Waals surface area contributed by atoms with Crippen LogP contribution in [0.1, 0.15) is 53.0 Å². The molecule has 2 aliphatic heterocycles. The van der Waals surface area contributed by atoms with Gasteiger partial charge < -0.3 is 15.0 Å². The zero-order valence-electron chi connectivity index (χ0n) is 18.5. The minimum atomic E-state index is -3.28. The fourth-order valence-corrected chi connectivity index (χ4v) is 7.32. The normalized spacial score (nSPS) is 24.7. The lowest BCUT2D eigenvalue weighted by Crippen LogP contribution is -2.54. The average Bonchev–Trinajstić information content (AvgIpc) is 3.49. The number of ether oxygens (including phenoxy) is 1. The summed E-state index contributed by atoms with van der Waals surface area (Å²) < 4.78 is 43.6. The number of carbonyl (C=O) groups excluding carboxylic acids is 2. The molecule has 1 aromatic carbocycles. The summed E-state index contributed by atoms with van der Waals surface area (Å²) in [6.45, 7) is 0.417. The second-order valence-electron chi connectivity index (χ2n) is 9.14. The Morgan fingerprint density at radius 2 is 2.15 bits per heavy atom. The van der Waals surface area contributed by atoms with Crippen molar-refractivity contribution in [2.45, 2.75) is 55.2 Å². The van der Waals surface area contributed by atoms with Crippen LogP contribution in [0.4, 0.5) is 4.39 Å². The molecule has 182 valence electrons. The Kier molecular flexibility index (Phi) is 5.59. The number of hydrogen-bond donors (Lipinski definition) is 2. The van der Waals surface area contributed by atoms with Gasteiger partial charge in [-0.3, -0.25) is 14.7 Å². The van der Waals surface area contributed by atoms with Gasteiger partial charge in [0.2, 0.25) is 5.91 Å². The van der Waals surface area contributed by atoms with Crippen LogP contribution in [0.2, 0.25) is 5.02 Å². The number of fused-ring (bicyclic) bond motifs is 2. The van der Waals surface area contributed by atoms with Crippen LogP contribution in [-0.2, 0) is 32.6 Å². The summed E-state index contributed by atoms with van der Waals surface area (Å²) in [5.41, 5.74) is 0.403. The van der Waals surface area contributed by atoms with Crippen LogP contribution in [0.3, 0.4) is 0 Å². The molecule has 5 rings (SSSR count). The van der Waals surface area contributed by atoms with E-state index in [0.29, 0.717) is 37.1 Å². The average molecular weight is 511 g/mol. The van der Waals surface area contributed by atoms with Crippen LogP contribution in [0.5, 0.6) is 5.75 Å². The van der Waals surface area contributed by atoms with E-state index in [0.717, 1.165) is 6.42 Å². The van der Waals surface area contributed by atoms with E-state index in [1.54, 1.807) is 4.90 Å². The number of sulfone groups is 1. The van der Waals surface area contributed by atoms with Crippen LogP contribution in [0.15, 0.2) is 12.1 Å². The van der Waals surface area contributed by atoms with Crippen LogP contribution in [0.25, 0.3) is 0 Å². The number of likely N-dealkylation sites (tertiary alicyclic amines) is 1. The fraction of sp³-hybridized carbons (Fsp3) is 0.500. The zero-order valence-corrected chi connectivity index (χ0v) is 20.1. The summed E-state index contributed by atoms with van der Waals surface area (Å²) in [5, 5.41) is 9.94. The van der Waals surface area contributed by atoms with Gasteiger partial charge in [-0.25, -0.2) is 12.8 Å². The Labute approximate surface area is 200 Å². The third-order valence-corrected chi connectivity index (χ3v) is 9.00. The first-order chi connectivity index (χ1) is 16.1. The Hall–Kier alpha value is -2.66. The van der Waals surface area contributed by atoms with Gasteiger partial charge in [0.15, 0.2) is 27.1 Å². The summed E-state index contributed by atoms with van der Waals surface area (Å²) >= 11 is 6.16. The van der Waals surface area contributed by atoms with E-state index in [1.165, 1.54) is 19.2 Å². The molecule has 2 atom stereocenters. The number of aromatic nitrogens is 2. The van der Waals surface area contributed by atoms with Gasteiger partial charge >= 0.3 is 0 Å². The monoisotopic (exact) mass is 510 g/mol. The lowest BCUT2D eigenvalue weighted by Gasteiger charge is -2.33. The van der Waals surface area contributed by atoms with Crippen LogP contribution < -0.4 is 10.1 Å². The van der Waals surface area contributed by atoms with Crippen molar-refractivity contribution in [2.24, 2.45) is 0 Å². The maximum absolute atomic E-state index is 14.7. The molecule has 2 amide bonds. The van der Waals surface area contributed by atoms with Crippen molar-refractivity contribution in [1.29, 1.82) is 0 Å². The van der Waals surface area contributed by atoms with E-state index in [2.05, 4.69) is 15.5 Å². The van der Waals surface area contributed by atoms with Gasteiger partial charge in [-0.1, -0.05) is 11.6 Å². The van der Waals surface area contributed by atoms with Crippen LogP contribution in [0, 0.1) is 5.82 Å². The Bertz CT molecular complexity index is 1300. The molecular formula is C22H24ClFN4O5S. The fourth-order valence-electron chi connectivity index (χ4n) is 5.57. The molecule has 3 aliphatic rings. The molecule has 34 heavy (non-hydrogen) atoms. The summed E-state index contributed by atoms with van der Waals surface area (Å²) in [6.07, 6.45) is 2.54. The standard InChI is InChI=1S/C22H24ClFN4O5S/c1-33-16-5-4-14(23)12(19(16)24)9-18(29)28-8-7-22(6-2-3-17(22)28)25-21(30)20-13-10-34(31,32)11-15(13)26-27-20/h4-5,17H,2-3,6-11H2,1H3,(H,25,30)(H,26,27)/t17-,22+/m0/s1. The van der Waals surface area contributed by atoms with Crippen LogP contribution in [-0.4, -0.2) is 60.6 Å². The molecule has 2 fully saturated rings. The lowest BCUT2D eigenvalue weighted by atomic mass is 9.92. The molecule has 0 bridgehead atoms. The number of H-pyrrole nitrogens is 1. The Morgan fingerprint density at radius 1 is 1.35 bits per heavy atom. The SMILES string of the molecule is COc1ccc(Cl)c(CC(=O)N2CC[C@]3(NC(=O)c4n[nH]c5c4CS(=O)(=O)C5)CCC[C@H]23)c1F. The maximum Gasteiger partial charge on any atom is 0.272 e. The molecule has 1 aliphatic carbocycles. The largest absolute Gasteiger partial charge is 0.494 e. The summed E-state index contributed by atoms with van der Waals surface area (Å²) in [6, 6.07) is 2.67. The smallest absolute Gasteiger partial charge is 0.272 e. The Morgan fingerprint density at radius 3 is 2.91 bits per heavy atom. The molecule has 2 N–H and O–H groups in total. The van der Waals surface area contributed by atoms with E-state index in [-0.39, 0.29) is 51.9 Å². The molecule has 1 aromatic heterocycles. The van der Waals surface area contributed by atoms with Gasteiger partial charge in [-0.15, -0.1) is 0 Å². The molecule has 0 radical (unpaired) electrons. The highest BCUT2D eigenvalue weighted by Crippen LogP contribution is 2.42. The highest BCUT2D eigenvalue weighted by molar-refractivity contribution is 7.90. The van der Waals surface area contributed by atoms with Gasteiger partial charge in [-0.05, 0) is 37.8 Å². The lowest BCUT2D eigenvalue weighted by molar-refractivity contribution is -0.131. The number of benzene rings is 1. The third kappa shape index (κ3) is 3.74. The van der Waals surface area contributed by atoms with Crippen molar-refractivity contribution in [1.82, 2.24) is 20.4 Å². The summed E-state index contributed by atoms with van der Waals surface area (Å²) in [4.78, 5) is 28.0. The molecule has 9 nitrogen and oxygen atoms in total. The quantitative estimate of drug-likeness (QED) is 0.635. The second kappa shape index (κ2) is 8.23. The van der Waals surface area contributed by atoms with E-state index in [4.69, 9.17) is 16.3 Å². The van der Waals surface area contributed by atoms with Crippen molar-refractivity contribution in [3.63, 3.8) is 0 Å². The topological polar surface area (TPSA) is 121 Å². The Balaban J connectivity index is 1.34. The second-order valence-corrected chi connectivity index (χ2v) is 11.6. The number of aromatic amines is 1. The van der Waals surface area contributed by atoms with Gasteiger partial charge in [0, 0.05) is 22.7 Å².